The number of benzene rings is 1. The maximum absolute atomic E-state index is 12.4. The number of carboxylic acids is 2. The summed E-state index contributed by atoms with van der Waals surface area (Å²) in [5, 5.41) is 20.3. The molecule has 0 aliphatic carbocycles. The van der Waals surface area contributed by atoms with Gasteiger partial charge in [0.25, 0.3) is 5.91 Å². The minimum absolute atomic E-state index is 0.0371. The van der Waals surface area contributed by atoms with Crippen LogP contribution in [0.4, 0.5) is 5.95 Å². The molecule has 0 aliphatic heterocycles. The average molecular weight is 414 g/mol. The largest absolute Gasteiger partial charge is 0.481 e. The lowest BCUT2D eigenvalue weighted by Crippen LogP contribution is -2.41. The number of nitrogens with two attached hydrogens (primary N) is 1. The summed E-state index contributed by atoms with van der Waals surface area (Å²) in [4.78, 5) is 42.7. The molecular weight excluding hydrogens is 388 g/mol. The van der Waals surface area contributed by atoms with Crippen molar-refractivity contribution < 1.29 is 24.6 Å². The van der Waals surface area contributed by atoms with E-state index in [9.17, 15) is 19.5 Å². The van der Waals surface area contributed by atoms with E-state index in [-0.39, 0.29) is 24.7 Å². The molecule has 1 heterocycles. The number of anilines is 1. The molecule has 1 aromatic heterocycles. The third kappa shape index (κ3) is 6.00. The van der Waals surface area contributed by atoms with Crippen LogP contribution in [-0.2, 0) is 9.59 Å². The molecule has 2 rings (SSSR count). The molecule has 0 aliphatic rings. The zero-order chi connectivity index (χ0) is 22.3. The van der Waals surface area contributed by atoms with E-state index in [4.69, 9.17) is 10.8 Å². The van der Waals surface area contributed by atoms with Crippen molar-refractivity contribution in [3.63, 3.8) is 0 Å². The first-order valence-electron chi connectivity index (χ1n) is 9.67. The number of aryl methyl sites for hydroxylation is 1. The molecule has 30 heavy (non-hydrogen) atoms. The topological polar surface area (TPSA) is 156 Å². The number of nitrogen functional groups attached to an aromatic ring is 1. The van der Waals surface area contributed by atoms with E-state index in [1.165, 1.54) is 0 Å². The first kappa shape index (κ1) is 22.8. The quantitative estimate of drug-likeness (QED) is 0.461. The van der Waals surface area contributed by atoms with Gasteiger partial charge in [-0.2, -0.15) is 0 Å². The van der Waals surface area contributed by atoms with Gasteiger partial charge in [0, 0.05) is 29.8 Å². The van der Waals surface area contributed by atoms with Crippen LogP contribution in [0.5, 0.6) is 0 Å². The molecule has 1 amide bonds. The van der Waals surface area contributed by atoms with Gasteiger partial charge >= 0.3 is 11.9 Å². The first-order chi connectivity index (χ1) is 14.2. The maximum Gasteiger partial charge on any atom is 0.326 e. The highest BCUT2D eigenvalue weighted by molar-refractivity contribution is 5.96. The number of aliphatic carboxylic acids is 2. The number of hydrogen-bond donors (Lipinski definition) is 4. The van der Waals surface area contributed by atoms with Gasteiger partial charge in [-0.15, -0.1) is 0 Å². The Morgan fingerprint density at radius 1 is 1.13 bits per heavy atom. The van der Waals surface area contributed by atoms with E-state index < -0.39 is 23.9 Å². The van der Waals surface area contributed by atoms with Gasteiger partial charge in [-0.25, -0.2) is 14.8 Å². The van der Waals surface area contributed by atoms with Gasteiger partial charge < -0.3 is 21.3 Å². The number of rotatable bonds is 10. The minimum atomic E-state index is -1.27. The number of amides is 1. The summed E-state index contributed by atoms with van der Waals surface area (Å²) in [5.41, 5.74) is 8.68. The summed E-state index contributed by atoms with van der Waals surface area (Å²) in [6, 6.07) is 5.61. The monoisotopic (exact) mass is 414 g/mol. The SMILES string of the molecule is CCCC(c1ccc(C(=O)N[C@@H](CCC(=O)O)C(=O)O)cc1)c1cnc(N)nc1C. The lowest BCUT2D eigenvalue weighted by atomic mass is 9.87. The number of aromatic nitrogens is 2. The van der Waals surface area contributed by atoms with E-state index in [1.54, 1.807) is 18.3 Å². The molecule has 1 aromatic carbocycles. The van der Waals surface area contributed by atoms with Crippen molar-refractivity contribution in [2.24, 2.45) is 0 Å². The molecule has 0 spiro atoms. The second-order valence-electron chi connectivity index (χ2n) is 7.03. The Morgan fingerprint density at radius 3 is 2.33 bits per heavy atom. The molecule has 5 N–H and O–H groups in total. The number of nitrogens with zero attached hydrogens (tertiary/aromatic N) is 2. The Hall–Kier alpha value is -3.49. The molecule has 2 aromatic rings. The Labute approximate surface area is 174 Å². The highest BCUT2D eigenvalue weighted by Gasteiger charge is 2.22. The van der Waals surface area contributed by atoms with Crippen molar-refractivity contribution in [1.29, 1.82) is 0 Å². The van der Waals surface area contributed by atoms with E-state index in [2.05, 4.69) is 22.2 Å². The van der Waals surface area contributed by atoms with Crippen LogP contribution < -0.4 is 11.1 Å². The third-order valence-corrected chi connectivity index (χ3v) is 4.81. The summed E-state index contributed by atoms with van der Waals surface area (Å²) >= 11 is 0. The van der Waals surface area contributed by atoms with Crippen LogP contribution in [0.2, 0.25) is 0 Å². The molecule has 0 saturated heterocycles. The number of hydrogen-bond acceptors (Lipinski definition) is 6. The Kier molecular flexibility index (Phi) is 7.85. The highest BCUT2D eigenvalue weighted by atomic mass is 16.4. The summed E-state index contributed by atoms with van der Waals surface area (Å²) in [5.74, 6) is -2.71. The average Bonchev–Trinajstić information content (AvgIpc) is 2.69. The van der Waals surface area contributed by atoms with Gasteiger partial charge in [0.05, 0.1) is 0 Å². The fraction of sp³-hybridized carbons (Fsp3) is 0.381. The smallest absolute Gasteiger partial charge is 0.326 e. The maximum atomic E-state index is 12.4. The molecule has 9 nitrogen and oxygen atoms in total. The Bertz CT molecular complexity index is 914. The van der Waals surface area contributed by atoms with Crippen LogP contribution in [-0.4, -0.2) is 44.1 Å². The van der Waals surface area contributed by atoms with Crippen molar-refractivity contribution in [2.45, 2.75) is 51.5 Å². The second-order valence-corrected chi connectivity index (χ2v) is 7.03. The van der Waals surface area contributed by atoms with Crippen molar-refractivity contribution in [1.82, 2.24) is 15.3 Å². The van der Waals surface area contributed by atoms with E-state index in [0.29, 0.717) is 5.56 Å². The Morgan fingerprint density at radius 2 is 1.80 bits per heavy atom. The molecular formula is C21H26N4O5. The molecule has 1 unspecified atom stereocenters. The normalized spacial score (nSPS) is 12.7. The molecule has 0 bridgehead atoms. The molecule has 0 saturated carbocycles. The number of carbonyl (C=O) groups is 3. The minimum Gasteiger partial charge on any atom is -0.481 e. The number of carboxylic acid groups (broad SMARTS) is 2. The second kappa shape index (κ2) is 10.3. The van der Waals surface area contributed by atoms with Crippen molar-refractivity contribution in [3.05, 3.63) is 52.8 Å². The number of carbonyl (C=O) groups excluding carboxylic acids is 1. The fourth-order valence-corrected chi connectivity index (χ4v) is 3.26. The molecule has 9 heteroatoms. The zero-order valence-corrected chi connectivity index (χ0v) is 17.0. The first-order valence-corrected chi connectivity index (χ1v) is 9.67. The van der Waals surface area contributed by atoms with E-state index >= 15 is 0 Å². The van der Waals surface area contributed by atoms with Gasteiger partial charge in [-0.05, 0) is 43.0 Å². The summed E-state index contributed by atoms with van der Waals surface area (Å²) in [7, 11) is 0. The lowest BCUT2D eigenvalue weighted by Gasteiger charge is -2.19. The van der Waals surface area contributed by atoms with Crippen LogP contribution in [0, 0.1) is 6.92 Å². The third-order valence-electron chi connectivity index (χ3n) is 4.81. The van der Waals surface area contributed by atoms with Gasteiger partial charge in [0.1, 0.15) is 6.04 Å². The van der Waals surface area contributed by atoms with Gasteiger partial charge in [-0.3, -0.25) is 9.59 Å². The standard InChI is InChI=1S/C21H26N4O5/c1-3-4-15(16-11-23-21(22)24-12(16)2)13-5-7-14(8-6-13)19(28)25-17(20(29)30)9-10-18(26)27/h5-8,11,15,17H,3-4,9-10H2,1-2H3,(H,25,28)(H,26,27)(H,29,30)(H2,22,23,24)/t15?,17-/m0/s1. The molecule has 160 valence electrons. The predicted molar refractivity (Wildman–Crippen MR) is 110 cm³/mol. The van der Waals surface area contributed by atoms with Crippen LogP contribution in [0.3, 0.4) is 0 Å². The van der Waals surface area contributed by atoms with Crippen LogP contribution in [0.1, 0.15) is 65.7 Å². The number of nitrogens with one attached hydrogen (secondary N) is 1. The summed E-state index contributed by atoms with van der Waals surface area (Å²) < 4.78 is 0. The van der Waals surface area contributed by atoms with Gasteiger partial charge in [0.15, 0.2) is 0 Å². The van der Waals surface area contributed by atoms with Crippen LogP contribution >= 0.6 is 0 Å². The predicted octanol–water partition coefficient (Wildman–Crippen LogP) is 2.35. The zero-order valence-electron chi connectivity index (χ0n) is 17.0. The molecule has 0 fully saturated rings. The van der Waals surface area contributed by atoms with Gasteiger partial charge in [0.2, 0.25) is 5.95 Å². The molecule has 0 radical (unpaired) electrons. The van der Waals surface area contributed by atoms with E-state index in [0.717, 1.165) is 29.7 Å². The van der Waals surface area contributed by atoms with E-state index in [1.807, 2.05) is 19.1 Å². The van der Waals surface area contributed by atoms with Gasteiger partial charge in [-0.1, -0.05) is 25.5 Å². The van der Waals surface area contributed by atoms with Crippen molar-refractivity contribution in [2.75, 3.05) is 5.73 Å². The summed E-state index contributed by atoms with van der Waals surface area (Å²) in [6.45, 7) is 3.95. The summed E-state index contributed by atoms with van der Waals surface area (Å²) in [6.07, 6.45) is 2.97. The molecule has 2 atom stereocenters. The fourth-order valence-electron chi connectivity index (χ4n) is 3.26. The van der Waals surface area contributed by atoms with Crippen molar-refractivity contribution >= 4 is 23.8 Å². The van der Waals surface area contributed by atoms with Crippen LogP contribution in [0.25, 0.3) is 0 Å². The Balaban J connectivity index is 2.19. The highest BCUT2D eigenvalue weighted by Crippen LogP contribution is 2.30. The van der Waals surface area contributed by atoms with Crippen LogP contribution in [0.15, 0.2) is 30.5 Å². The lowest BCUT2D eigenvalue weighted by molar-refractivity contribution is -0.140. The van der Waals surface area contributed by atoms with Crippen molar-refractivity contribution in [3.8, 4) is 0 Å².